The van der Waals surface area contributed by atoms with Crippen molar-refractivity contribution in [3.8, 4) is 0 Å². The molecule has 15 heavy (non-hydrogen) atoms. The smallest absolute Gasteiger partial charge is 0.875 e. The summed E-state index contributed by atoms with van der Waals surface area (Å²) < 4.78 is 0. The second kappa shape index (κ2) is 6.67. The molecule has 1 N–H and O–H groups in total. The van der Waals surface area contributed by atoms with E-state index in [1.54, 1.807) is 6.07 Å². The molecule has 0 aromatic heterocycles. The molecule has 0 radical (unpaired) electrons. The van der Waals surface area contributed by atoms with Gasteiger partial charge in [-0.15, -0.1) is 5.76 Å². The van der Waals surface area contributed by atoms with Crippen LogP contribution in [0.15, 0.2) is 36.1 Å². The van der Waals surface area contributed by atoms with Gasteiger partial charge in [-0.2, -0.15) is 0 Å². The van der Waals surface area contributed by atoms with E-state index in [1.165, 1.54) is 6.92 Å². The van der Waals surface area contributed by atoms with Crippen LogP contribution in [0.3, 0.4) is 0 Å². The van der Waals surface area contributed by atoms with Crippen LogP contribution >= 0.6 is 0 Å². The number of amides is 1. The zero-order chi connectivity index (χ0) is 10.6. The van der Waals surface area contributed by atoms with Gasteiger partial charge in [0, 0.05) is 5.69 Å². The second-order valence-corrected chi connectivity index (χ2v) is 3.06. The van der Waals surface area contributed by atoms with Crippen molar-refractivity contribution in [2.75, 3.05) is 5.32 Å². The summed E-state index contributed by atoms with van der Waals surface area (Å²) in [7, 11) is 0. The molecule has 74 valence electrons. The monoisotopic (exact) mass is 213 g/mol. The van der Waals surface area contributed by atoms with Crippen molar-refractivity contribution in [1.29, 1.82) is 0 Å². The van der Waals surface area contributed by atoms with Crippen molar-refractivity contribution < 1.29 is 39.5 Å². The molecule has 0 bridgehead atoms. The van der Waals surface area contributed by atoms with E-state index < -0.39 is 0 Å². The summed E-state index contributed by atoms with van der Waals surface area (Å²) >= 11 is 0. The third kappa shape index (κ3) is 5.02. The molecule has 0 aliphatic heterocycles. The summed E-state index contributed by atoms with van der Waals surface area (Å²) in [6.45, 7) is 3.24. The Kier molecular flexibility index (Phi) is 6.32. The van der Waals surface area contributed by atoms with E-state index in [0.29, 0.717) is 0 Å². The quantitative estimate of drug-likeness (QED) is 0.358. The fourth-order valence-corrected chi connectivity index (χ4v) is 1.07. The molecular weight excluding hydrogens is 201 g/mol. The van der Waals surface area contributed by atoms with Gasteiger partial charge in [0.2, 0.25) is 5.91 Å². The van der Waals surface area contributed by atoms with Gasteiger partial charge in [0.25, 0.3) is 0 Å². The molecule has 3 nitrogen and oxygen atoms in total. The van der Waals surface area contributed by atoms with E-state index in [0.717, 1.165) is 17.3 Å². The van der Waals surface area contributed by atoms with Crippen molar-refractivity contribution in [3.63, 3.8) is 0 Å². The topological polar surface area (TPSA) is 52.2 Å². The first-order chi connectivity index (χ1) is 6.59. The number of carbonyl (C=O) groups excluding carboxylic acids is 1. The zero-order valence-electron chi connectivity index (χ0n) is 9.20. The number of para-hydroxylation sites is 1. The molecule has 0 saturated carbocycles. The van der Waals surface area contributed by atoms with Crippen LogP contribution in [0.25, 0.3) is 0 Å². The van der Waals surface area contributed by atoms with Gasteiger partial charge in [0.15, 0.2) is 0 Å². The summed E-state index contributed by atoms with van der Waals surface area (Å²) in [4.78, 5) is 11.2. The van der Waals surface area contributed by atoms with Crippen LogP contribution in [-0.4, -0.2) is 5.91 Å². The van der Waals surface area contributed by atoms with Crippen molar-refractivity contribution in [2.24, 2.45) is 0 Å². The van der Waals surface area contributed by atoms with E-state index in [4.69, 9.17) is 0 Å². The minimum Gasteiger partial charge on any atom is -0.875 e. The van der Waals surface area contributed by atoms with Crippen LogP contribution in [0, 0.1) is 6.92 Å². The largest absolute Gasteiger partial charge is 1.00 e. The van der Waals surface area contributed by atoms with Crippen molar-refractivity contribution >= 4 is 11.6 Å². The molecule has 0 spiro atoms. The SMILES string of the molecule is C/C([O-])=C/C(=O)Nc1ccccc1C.[Na+]. The van der Waals surface area contributed by atoms with Crippen LogP contribution in [-0.2, 0) is 4.79 Å². The van der Waals surface area contributed by atoms with Gasteiger partial charge in [-0.1, -0.05) is 25.1 Å². The van der Waals surface area contributed by atoms with Gasteiger partial charge in [0.05, 0.1) is 0 Å². The molecule has 1 aromatic rings. The van der Waals surface area contributed by atoms with E-state index in [9.17, 15) is 9.90 Å². The van der Waals surface area contributed by atoms with Gasteiger partial charge in [0.1, 0.15) is 0 Å². The van der Waals surface area contributed by atoms with Crippen LogP contribution < -0.4 is 40.0 Å². The first kappa shape index (κ1) is 14.2. The summed E-state index contributed by atoms with van der Waals surface area (Å²) in [5.41, 5.74) is 1.70. The minimum atomic E-state index is -0.383. The molecule has 0 atom stereocenters. The summed E-state index contributed by atoms with van der Waals surface area (Å²) in [6, 6.07) is 7.40. The molecule has 0 aliphatic rings. The van der Waals surface area contributed by atoms with Crippen LogP contribution in [0.1, 0.15) is 12.5 Å². The molecule has 0 fully saturated rings. The van der Waals surface area contributed by atoms with Crippen LogP contribution in [0.5, 0.6) is 0 Å². The van der Waals surface area contributed by atoms with E-state index in [2.05, 4.69) is 5.32 Å². The van der Waals surface area contributed by atoms with Gasteiger partial charge >= 0.3 is 29.6 Å². The predicted octanol–water partition coefficient (Wildman–Crippen LogP) is -1.80. The minimum absolute atomic E-state index is 0. The molecule has 0 saturated heterocycles. The summed E-state index contributed by atoms with van der Waals surface area (Å²) in [5.74, 6) is -0.636. The molecule has 0 aliphatic carbocycles. The standard InChI is InChI=1S/C11H13NO2.Na/c1-8-5-3-4-6-10(8)12-11(14)7-9(2)13;/h3-7,13H,1-2H3,(H,12,14);/q;+1/p-1/b9-7-;. The van der Waals surface area contributed by atoms with Crippen LogP contribution in [0.2, 0.25) is 0 Å². The Morgan fingerprint density at radius 3 is 2.53 bits per heavy atom. The fourth-order valence-electron chi connectivity index (χ4n) is 1.07. The number of rotatable bonds is 2. The van der Waals surface area contributed by atoms with E-state index in [-0.39, 0.29) is 41.2 Å². The average Bonchev–Trinajstić information content (AvgIpc) is 2.07. The normalized spacial score (nSPS) is 10.4. The number of aryl methyl sites for hydroxylation is 1. The molecule has 4 heteroatoms. The fraction of sp³-hybridized carbons (Fsp3) is 0.182. The number of allylic oxidation sites excluding steroid dienone is 1. The predicted molar refractivity (Wildman–Crippen MR) is 53.6 cm³/mol. The molecule has 0 heterocycles. The zero-order valence-corrected chi connectivity index (χ0v) is 11.2. The first-order valence-corrected chi connectivity index (χ1v) is 4.31. The summed E-state index contributed by atoms with van der Waals surface area (Å²) in [5, 5.41) is 13.2. The van der Waals surface area contributed by atoms with Gasteiger partial charge in [-0.3, -0.25) is 4.79 Å². The van der Waals surface area contributed by atoms with E-state index >= 15 is 0 Å². The number of hydrogen-bond donors (Lipinski definition) is 1. The Bertz CT molecular complexity index is 371. The van der Waals surface area contributed by atoms with Gasteiger partial charge in [-0.25, -0.2) is 0 Å². The maximum absolute atomic E-state index is 11.2. The number of anilines is 1. The Balaban J connectivity index is 0.00000196. The molecule has 0 unspecified atom stereocenters. The maximum Gasteiger partial charge on any atom is 1.00 e. The number of benzene rings is 1. The average molecular weight is 213 g/mol. The number of nitrogens with one attached hydrogen (secondary N) is 1. The first-order valence-electron chi connectivity index (χ1n) is 4.31. The summed E-state index contributed by atoms with van der Waals surface area (Å²) in [6.07, 6.45) is 1.03. The Morgan fingerprint density at radius 1 is 1.40 bits per heavy atom. The maximum atomic E-state index is 11.2. The third-order valence-electron chi connectivity index (χ3n) is 1.74. The second-order valence-electron chi connectivity index (χ2n) is 3.06. The number of carbonyl (C=O) groups is 1. The van der Waals surface area contributed by atoms with Crippen molar-refractivity contribution in [1.82, 2.24) is 0 Å². The molecule has 1 amide bonds. The molecular formula is C11H12NNaO2. The van der Waals surface area contributed by atoms with E-state index in [1.807, 2.05) is 25.1 Å². The van der Waals surface area contributed by atoms with Crippen molar-refractivity contribution in [2.45, 2.75) is 13.8 Å². The third-order valence-corrected chi connectivity index (χ3v) is 1.74. The molecule has 1 rings (SSSR count). The molecule has 1 aromatic carbocycles. The van der Waals surface area contributed by atoms with Crippen molar-refractivity contribution in [3.05, 3.63) is 41.7 Å². The Labute approximate surface area is 111 Å². The number of hydrogen-bond acceptors (Lipinski definition) is 2. The van der Waals surface area contributed by atoms with Gasteiger partial charge in [-0.05, 0) is 24.6 Å². The van der Waals surface area contributed by atoms with Gasteiger partial charge < -0.3 is 10.4 Å². The Hall–Kier alpha value is -0.770. The van der Waals surface area contributed by atoms with Crippen LogP contribution in [0.4, 0.5) is 5.69 Å². The Morgan fingerprint density at radius 2 is 2.00 bits per heavy atom.